The fraction of sp³-hybridized carbons (Fsp3) is 0.981. The third-order valence-corrected chi connectivity index (χ3v) is 12.9. The van der Waals surface area contributed by atoms with Crippen molar-refractivity contribution < 1.29 is 20.1 Å². The molecular weight excluding hydrogens is 715 g/mol. The summed E-state index contributed by atoms with van der Waals surface area (Å²) in [6, 6.07) is -0.652. The van der Waals surface area contributed by atoms with Crippen molar-refractivity contribution in [2.24, 2.45) is 0 Å². The largest absolute Gasteiger partial charge is 0.394 e. The zero-order chi connectivity index (χ0) is 42.3. The molecule has 0 aromatic heterocycles. The SMILES string of the molecule is CCCCCCCCCCCCCCCCCCCCCCCCCCCCCCCCC(O)CC(=O)NC(CO)C(O)CCCCCCCCCCCCCCC. The summed E-state index contributed by atoms with van der Waals surface area (Å²) in [5.41, 5.74) is 0. The average molecular weight is 822 g/mol. The predicted molar refractivity (Wildman–Crippen MR) is 255 cm³/mol. The molecular formula is C53H107NO4. The number of aliphatic hydroxyl groups is 3. The number of hydrogen-bond acceptors (Lipinski definition) is 4. The molecule has 5 nitrogen and oxygen atoms in total. The van der Waals surface area contributed by atoms with E-state index in [1.54, 1.807) is 0 Å². The van der Waals surface area contributed by atoms with E-state index < -0.39 is 18.2 Å². The van der Waals surface area contributed by atoms with E-state index in [4.69, 9.17) is 0 Å². The van der Waals surface area contributed by atoms with E-state index in [-0.39, 0.29) is 18.9 Å². The van der Waals surface area contributed by atoms with Crippen LogP contribution in [0.25, 0.3) is 0 Å². The molecule has 0 rings (SSSR count). The Bertz CT molecular complexity index is 777. The van der Waals surface area contributed by atoms with Gasteiger partial charge in [-0.1, -0.05) is 290 Å². The van der Waals surface area contributed by atoms with Crippen molar-refractivity contribution >= 4 is 5.91 Å². The number of aliphatic hydroxyl groups excluding tert-OH is 3. The van der Waals surface area contributed by atoms with Crippen molar-refractivity contribution in [2.75, 3.05) is 6.61 Å². The van der Waals surface area contributed by atoms with E-state index in [1.807, 2.05) is 0 Å². The van der Waals surface area contributed by atoms with Gasteiger partial charge in [-0.2, -0.15) is 0 Å². The van der Waals surface area contributed by atoms with Gasteiger partial charge < -0.3 is 20.6 Å². The van der Waals surface area contributed by atoms with Gasteiger partial charge in [0.05, 0.1) is 31.3 Å². The highest BCUT2D eigenvalue weighted by Gasteiger charge is 2.21. The molecule has 0 spiro atoms. The second-order valence-electron chi connectivity index (χ2n) is 18.9. The maximum atomic E-state index is 12.5. The number of rotatable bonds is 50. The lowest BCUT2D eigenvalue weighted by Crippen LogP contribution is -2.46. The molecule has 0 aliphatic heterocycles. The molecule has 0 saturated heterocycles. The Morgan fingerprint density at radius 1 is 0.362 bits per heavy atom. The first kappa shape index (κ1) is 57.3. The molecule has 4 N–H and O–H groups in total. The van der Waals surface area contributed by atoms with Crippen LogP contribution in [0.3, 0.4) is 0 Å². The summed E-state index contributed by atoms with van der Waals surface area (Å²) in [7, 11) is 0. The van der Waals surface area contributed by atoms with Gasteiger partial charge in [-0.3, -0.25) is 4.79 Å². The summed E-state index contributed by atoms with van der Waals surface area (Å²) in [6.07, 6.45) is 58.3. The fourth-order valence-electron chi connectivity index (χ4n) is 8.82. The Labute approximate surface area is 364 Å². The Balaban J connectivity index is 3.44. The second-order valence-corrected chi connectivity index (χ2v) is 18.9. The molecule has 0 bridgehead atoms. The summed E-state index contributed by atoms with van der Waals surface area (Å²) in [5.74, 6) is -0.276. The highest BCUT2D eigenvalue weighted by atomic mass is 16.3. The van der Waals surface area contributed by atoms with Crippen LogP contribution in [0.4, 0.5) is 0 Å². The molecule has 5 heteroatoms. The van der Waals surface area contributed by atoms with E-state index in [0.29, 0.717) is 12.8 Å². The smallest absolute Gasteiger partial charge is 0.222 e. The molecule has 3 unspecified atom stereocenters. The monoisotopic (exact) mass is 822 g/mol. The first-order valence-electron chi connectivity index (χ1n) is 26.8. The van der Waals surface area contributed by atoms with Crippen LogP contribution in [-0.2, 0) is 4.79 Å². The zero-order valence-electron chi connectivity index (χ0n) is 39.7. The van der Waals surface area contributed by atoms with Gasteiger partial charge in [0.15, 0.2) is 0 Å². The van der Waals surface area contributed by atoms with E-state index in [9.17, 15) is 20.1 Å². The highest BCUT2D eigenvalue weighted by Crippen LogP contribution is 2.18. The van der Waals surface area contributed by atoms with Gasteiger partial charge in [0.25, 0.3) is 0 Å². The lowest BCUT2D eigenvalue weighted by atomic mass is 10.0. The molecule has 0 aromatic carbocycles. The minimum absolute atomic E-state index is 0.0432. The van der Waals surface area contributed by atoms with Gasteiger partial charge >= 0.3 is 0 Å². The third kappa shape index (κ3) is 44.9. The topological polar surface area (TPSA) is 89.8 Å². The molecule has 0 saturated carbocycles. The van der Waals surface area contributed by atoms with Crippen LogP contribution >= 0.6 is 0 Å². The van der Waals surface area contributed by atoms with Crippen molar-refractivity contribution in [3.63, 3.8) is 0 Å². The predicted octanol–water partition coefficient (Wildman–Crippen LogP) is 16.2. The average Bonchev–Trinajstić information content (AvgIpc) is 3.22. The molecule has 58 heavy (non-hydrogen) atoms. The lowest BCUT2D eigenvalue weighted by Gasteiger charge is -2.23. The minimum atomic E-state index is -0.744. The van der Waals surface area contributed by atoms with Crippen molar-refractivity contribution in [1.82, 2.24) is 5.32 Å². The van der Waals surface area contributed by atoms with Crippen LogP contribution in [0.5, 0.6) is 0 Å². The van der Waals surface area contributed by atoms with Crippen LogP contribution in [0.15, 0.2) is 0 Å². The lowest BCUT2D eigenvalue weighted by molar-refractivity contribution is -0.125. The van der Waals surface area contributed by atoms with Gasteiger partial charge in [0.2, 0.25) is 5.91 Å². The maximum Gasteiger partial charge on any atom is 0.222 e. The van der Waals surface area contributed by atoms with Crippen molar-refractivity contribution in [2.45, 2.75) is 327 Å². The van der Waals surface area contributed by atoms with E-state index >= 15 is 0 Å². The van der Waals surface area contributed by atoms with Crippen LogP contribution in [0.1, 0.15) is 309 Å². The van der Waals surface area contributed by atoms with Gasteiger partial charge in [-0.25, -0.2) is 0 Å². The van der Waals surface area contributed by atoms with E-state index in [1.165, 1.54) is 250 Å². The summed E-state index contributed by atoms with van der Waals surface area (Å²) in [5, 5.41) is 33.5. The van der Waals surface area contributed by atoms with Crippen molar-refractivity contribution in [3.8, 4) is 0 Å². The Kier molecular flexibility index (Phi) is 48.5. The summed E-state index contributed by atoms with van der Waals surface area (Å²) in [4.78, 5) is 12.5. The Hall–Kier alpha value is -0.650. The van der Waals surface area contributed by atoms with Crippen LogP contribution in [-0.4, -0.2) is 46.1 Å². The molecule has 0 aliphatic carbocycles. The minimum Gasteiger partial charge on any atom is -0.394 e. The number of carbonyl (C=O) groups is 1. The summed E-state index contributed by atoms with van der Waals surface area (Å²) >= 11 is 0. The zero-order valence-corrected chi connectivity index (χ0v) is 39.7. The van der Waals surface area contributed by atoms with Gasteiger partial charge in [-0.05, 0) is 12.8 Å². The molecule has 348 valence electrons. The van der Waals surface area contributed by atoms with E-state index in [2.05, 4.69) is 19.2 Å². The van der Waals surface area contributed by atoms with E-state index in [0.717, 1.165) is 25.7 Å². The van der Waals surface area contributed by atoms with Gasteiger partial charge in [0.1, 0.15) is 0 Å². The molecule has 0 aromatic rings. The van der Waals surface area contributed by atoms with Gasteiger partial charge in [0, 0.05) is 0 Å². The first-order chi connectivity index (χ1) is 28.5. The second kappa shape index (κ2) is 49.0. The highest BCUT2D eigenvalue weighted by molar-refractivity contribution is 5.76. The summed E-state index contributed by atoms with van der Waals surface area (Å²) in [6.45, 7) is 4.29. The molecule has 0 heterocycles. The van der Waals surface area contributed by atoms with Crippen LogP contribution in [0, 0.1) is 0 Å². The number of carbonyl (C=O) groups excluding carboxylic acids is 1. The quantitative estimate of drug-likeness (QED) is 0.0460. The standard InChI is InChI=1S/C53H107NO4/c1-3-5-7-9-11-13-15-17-18-19-20-21-22-23-24-25-26-27-28-29-30-31-32-33-35-36-38-40-42-44-46-50(56)48-53(58)54-51(49-55)52(57)47-45-43-41-39-37-34-16-14-12-10-8-6-4-2/h50-52,55-57H,3-49H2,1-2H3,(H,54,58). The molecule has 1 amide bonds. The number of nitrogens with one attached hydrogen (secondary N) is 1. The molecule has 0 aliphatic rings. The normalized spacial score (nSPS) is 13.3. The summed E-state index contributed by atoms with van der Waals surface area (Å²) < 4.78 is 0. The fourth-order valence-corrected chi connectivity index (χ4v) is 8.82. The van der Waals surface area contributed by atoms with Crippen LogP contribution in [0.2, 0.25) is 0 Å². The van der Waals surface area contributed by atoms with Gasteiger partial charge in [-0.15, -0.1) is 0 Å². The molecule has 3 atom stereocenters. The van der Waals surface area contributed by atoms with Crippen molar-refractivity contribution in [3.05, 3.63) is 0 Å². The maximum absolute atomic E-state index is 12.5. The Morgan fingerprint density at radius 3 is 0.828 bits per heavy atom. The van der Waals surface area contributed by atoms with Crippen LogP contribution < -0.4 is 5.32 Å². The number of amides is 1. The molecule has 0 fully saturated rings. The molecule has 0 radical (unpaired) electrons. The number of unbranched alkanes of at least 4 members (excludes halogenated alkanes) is 41. The van der Waals surface area contributed by atoms with Crippen molar-refractivity contribution in [1.29, 1.82) is 0 Å². The third-order valence-electron chi connectivity index (χ3n) is 12.9. The first-order valence-corrected chi connectivity index (χ1v) is 26.8. The Morgan fingerprint density at radius 2 is 0.586 bits per heavy atom. The number of hydrogen-bond donors (Lipinski definition) is 4.